The molecule has 0 aliphatic carbocycles. The zero-order chi connectivity index (χ0) is 21.7. The summed E-state index contributed by atoms with van der Waals surface area (Å²) in [5.41, 5.74) is 1.22. The number of nitrogens with two attached hydrogens (primary N) is 1. The summed E-state index contributed by atoms with van der Waals surface area (Å²) in [6.45, 7) is 0.559. The summed E-state index contributed by atoms with van der Waals surface area (Å²) in [6.07, 6.45) is 0.445. The van der Waals surface area contributed by atoms with Crippen molar-refractivity contribution in [1.29, 1.82) is 0 Å². The number of nitrogens with zero attached hydrogens (tertiary/aromatic N) is 2. The Balaban J connectivity index is 1.57. The zero-order valence-electron chi connectivity index (χ0n) is 15.8. The largest absolute Gasteiger partial charge is 0.352 e. The lowest BCUT2D eigenvalue weighted by molar-refractivity contribution is 0.0952. The second kappa shape index (κ2) is 8.97. The lowest BCUT2D eigenvalue weighted by atomic mass is 10.1. The first-order chi connectivity index (χ1) is 14.2. The van der Waals surface area contributed by atoms with Crippen LogP contribution >= 0.6 is 0 Å². The number of carbonyl (C=O) groups is 1. The quantitative estimate of drug-likeness (QED) is 0.550. The van der Waals surface area contributed by atoms with Crippen LogP contribution in [0.1, 0.15) is 16.8 Å². The van der Waals surface area contributed by atoms with Gasteiger partial charge in [0.05, 0.1) is 10.6 Å². The number of amides is 1. The van der Waals surface area contributed by atoms with Gasteiger partial charge in [0.25, 0.3) is 11.5 Å². The maximum atomic E-state index is 13.1. The molecule has 156 valence electrons. The van der Waals surface area contributed by atoms with E-state index in [-0.39, 0.29) is 40.8 Å². The van der Waals surface area contributed by atoms with E-state index in [0.29, 0.717) is 17.7 Å². The van der Waals surface area contributed by atoms with Crippen molar-refractivity contribution in [3.05, 3.63) is 82.4 Å². The molecule has 10 heteroatoms. The van der Waals surface area contributed by atoms with Crippen LogP contribution in [0.15, 0.2) is 70.4 Å². The number of primary sulfonamides is 1. The van der Waals surface area contributed by atoms with Crippen molar-refractivity contribution >= 4 is 15.9 Å². The molecule has 0 saturated heterocycles. The van der Waals surface area contributed by atoms with Crippen LogP contribution in [0.2, 0.25) is 0 Å². The topological polar surface area (TPSA) is 124 Å². The highest BCUT2D eigenvalue weighted by molar-refractivity contribution is 7.89. The van der Waals surface area contributed by atoms with Gasteiger partial charge < -0.3 is 5.32 Å². The molecular weight excluding hydrogens is 411 g/mol. The second-order valence-electron chi connectivity index (χ2n) is 6.47. The average molecular weight is 430 g/mol. The molecule has 0 radical (unpaired) electrons. The number of carbonyl (C=O) groups excluding carboxylic acids is 1. The Morgan fingerprint density at radius 2 is 1.70 bits per heavy atom. The zero-order valence-corrected chi connectivity index (χ0v) is 16.6. The van der Waals surface area contributed by atoms with Crippen LogP contribution in [0.5, 0.6) is 0 Å². The van der Waals surface area contributed by atoms with Gasteiger partial charge in [-0.25, -0.2) is 22.6 Å². The molecule has 0 atom stereocenters. The summed E-state index contributed by atoms with van der Waals surface area (Å²) in [6, 6.07) is 14.0. The molecule has 1 heterocycles. The first kappa shape index (κ1) is 21.3. The van der Waals surface area contributed by atoms with Crippen LogP contribution in [0.4, 0.5) is 4.39 Å². The SMILES string of the molecule is NS(=O)(=O)c1ccc(C(=O)NCCCn2nc(-c3ccc(F)cc3)ccc2=O)cc1. The van der Waals surface area contributed by atoms with Gasteiger partial charge in [-0.15, -0.1) is 0 Å². The van der Waals surface area contributed by atoms with Gasteiger partial charge in [-0.1, -0.05) is 0 Å². The Morgan fingerprint density at radius 3 is 2.33 bits per heavy atom. The molecule has 0 spiro atoms. The third-order valence-corrected chi connectivity index (χ3v) is 5.21. The predicted octanol–water partition coefficient (Wildman–Crippen LogP) is 1.52. The van der Waals surface area contributed by atoms with Crippen molar-refractivity contribution in [2.45, 2.75) is 17.9 Å². The van der Waals surface area contributed by atoms with Crippen LogP contribution in [0.3, 0.4) is 0 Å². The van der Waals surface area contributed by atoms with Gasteiger partial charge in [-0.05, 0) is 61.0 Å². The number of aromatic nitrogens is 2. The summed E-state index contributed by atoms with van der Waals surface area (Å²) in [7, 11) is -3.82. The Labute approximate surface area is 172 Å². The van der Waals surface area contributed by atoms with Gasteiger partial charge in [-0.3, -0.25) is 9.59 Å². The monoisotopic (exact) mass is 430 g/mol. The molecule has 3 N–H and O–H groups in total. The predicted molar refractivity (Wildman–Crippen MR) is 109 cm³/mol. The van der Waals surface area contributed by atoms with E-state index in [1.807, 2.05) is 0 Å². The summed E-state index contributed by atoms with van der Waals surface area (Å²) in [4.78, 5) is 24.1. The number of hydrogen-bond acceptors (Lipinski definition) is 5. The van der Waals surface area contributed by atoms with E-state index >= 15 is 0 Å². The molecule has 0 fully saturated rings. The van der Waals surface area contributed by atoms with E-state index in [1.54, 1.807) is 18.2 Å². The Kier molecular flexibility index (Phi) is 6.38. The number of sulfonamides is 1. The highest BCUT2D eigenvalue weighted by atomic mass is 32.2. The van der Waals surface area contributed by atoms with Gasteiger partial charge >= 0.3 is 0 Å². The summed E-state index contributed by atoms with van der Waals surface area (Å²) in [5.74, 6) is -0.738. The molecule has 0 aliphatic heterocycles. The molecule has 30 heavy (non-hydrogen) atoms. The maximum Gasteiger partial charge on any atom is 0.266 e. The van der Waals surface area contributed by atoms with E-state index in [4.69, 9.17) is 5.14 Å². The smallest absolute Gasteiger partial charge is 0.266 e. The van der Waals surface area contributed by atoms with Crippen molar-refractivity contribution in [3.8, 4) is 11.3 Å². The number of rotatable bonds is 7. The number of benzene rings is 2. The van der Waals surface area contributed by atoms with Gasteiger partial charge in [0.2, 0.25) is 10.0 Å². The van der Waals surface area contributed by atoms with Crippen LogP contribution in [0.25, 0.3) is 11.3 Å². The molecular formula is C20H19FN4O4S. The maximum absolute atomic E-state index is 13.1. The molecule has 0 bridgehead atoms. The number of nitrogens with one attached hydrogen (secondary N) is 1. The molecule has 8 nitrogen and oxygen atoms in total. The van der Waals surface area contributed by atoms with Crippen LogP contribution in [-0.4, -0.2) is 30.7 Å². The minimum atomic E-state index is -3.82. The van der Waals surface area contributed by atoms with Crippen LogP contribution in [-0.2, 0) is 16.6 Å². The van der Waals surface area contributed by atoms with E-state index < -0.39 is 10.0 Å². The first-order valence-corrected chi connectivity index (χ1v) is 10.5. The minimum Gasteiger partial charge on any atom is -0.352 e. The molecule has 2 aromatic carbocycles. The fourth-order valence-electron chi connectivity index (χ4n) is 2.71. The molecule has 3 rings (SSSR count). The van der Waals surface area contributed by atoms with Crippen molar-refractivity contribution in [2.75, 3.05) is 6.54 Å². The number of aryl methyl sites for hydroxylation is 1. The van der Waals surface area contributed by atoms with Crippen molar-refractivity contribution in [2.24, 2.45) is 5.14 Å². The van der Waals surface area contributed by atoms with Crippen molar-refractivity contribution in [3.63, 3.8) is 0 Å². The fraction of sp³-hybridized carbons (Fsp3) is 0.150. The summed E-state index contributed by atoms with van der Waals surface area (Å²) < 4.78 is 36.8. The lowest BCUT2D eigenvalue weighted by Gasteiger charge is -2.09. The van der Waals surface area contributed by atoms with E-state index in [1.165, 1.54) is 47.1 Å². The third-order valence-electron chi connectivity index (χ3n) is 4.28. The Hall–Kier alpha value is -3.37. The standard InChI is InChI=1S/C20H19FN4O4S/c21-16-6-2-14(3-7-16)18-10-11-19(26)25(24-18)13-1-12-23-20(27)15-4-8-17(9-5-15)30(22,28)29/h2-11H,1,12-13H2,(H,23,27)(H2,22,28,29). The summed E-state index contributed by atoms with van der Waals surface area (Å²) in [5, 5.41) is 12.0. The van der Waals surface area contributed by atoms with E-state index in [2.05, 4.69) is 10.4 Å². The number of halogens is 1. The molecule has 0 saturated carbocycles. The van der Waals surface area contributed by atoms with E-state index in [9.17, 15) is 22.4 Å². The molecule has 3 aromatic rings. The number of hydrogen-bond donors (Lipinski definition) is 2. The molecule has 0 aliphatic rings. The summed E-state index contributed by atoms with van der Waals surface area (Å²) >= 11 is 0. The highest BCUT2D eigenvalue weighted by Crippen LogP contribution is 2.15. The average Bonchev–Trinajstić information content (AvgIpc) is 2.72. The molecule has 1 amide bonds. The third kappa shape index (κ3) is 5.37. The molecule has 1 aromatic heterocycles. The van der Waals surface area contributed by atoms with Crippen molar-refractivity contribution in [1.82, 2.24) is 15.1 Å². The fourth-order valence-corrected chi connectivity index (χ4v) is 3.23. The van der Waals surface area contributed by atoms with Crippen LogP contribution < -0.4 is 16.0 Å². The van der Waals surface area contributed by atoms with Crippen LogP contribution in [0, 0.1) is 5.82 Å². The van der Waals surface area contributed by atoms with Crippen molar-refractivity contribution < 1.29 is 17.6 Å². The van der Waals surface area contributed by atoms with Gasteiger partial charge in [0.1, 0.15) is 5.82 Å². The van der Waals surface area contributed by atoms with Gasteiger partial charge in [-0.2, -0.15) is 5.10 Å². The molecule has 0 unspecified atom stereocenters. The van der Waals surface area contributed by atoms with Gasteiger partial charge in [0.15, 0.2) is 0 Å². The second-order valence-corrected chi connectivity index (χ2v) is 8.03. The minimum absolute atomic E-state index is 0.0782. The first-order valence-electron chi connectivity index (χ1n) is 8.99. The highest BCUT2D eigenvalue weighted by Gasteiger charge is 2.10. The lowest BCUT2D eigenvalue weighted by Crippen LogP contribution is -2.28. The normalized spacial score (nSPS) is 11.3. The van der Waals surface area contributed by atoms with Gasteiger partial charge in [0, 0.05) is 30.3 Å². The Morgan fingerprint density at radius 1 is 1.03 bits per heavy atom. The van der Waals surface area contributed by atoms with E-state index in [0.717, 1.165) is 0 Å². The Bertz CT molecular complexity index is 1210.